The number of nitrogens with one attached hydrogen (secondary N) is 1. The van der Waals surface area contributed by atoms with Crippen LogP contribution in [-0.4, -0.2) is 35.0 Å². The van der Waals surface area contributed by atoms with Gasteiger partial charge in [-0.25, -0.2) is 4.39 Å². The predicted octanol–water partition coefficient (Wildman–Crippen LogP) is 2.65. The number of amides is 2. The zero-order valence-electron chi connectivity index (χ0n) is 18.7. The fourth-order valence-electron chi connectivity index (χ4n) is 4.04. The maximum Gasteiger partial charge on any atom is 0.307 e. The first kappa shape index (κ1) is 24.0. The average molecular weight is 493 g/mol. The first-order valence-corrected chi connectivity index (χ1v) is 11.5. The van der Waals surface area contributed by atoms with Gasteiger partial charge in [-0.3, -0.25) is 19.3 Å². The van der Waals surface area contributed by atoms with Crippen LogP contribution >= 0.6 is 11.8 Å². The number of thioether (sulfide) groups is 1. The number of nitrogens with zero attached hydrogens (tertiary/aromatic N) is 2. The highest BCUT2D eigenvalue weighted by molar-refractivity contribution is 8.04. The molecule has 1 saturated heterocycles. The van der Waals surface area contributed by atoms with E-state index in [0.29, 0.717) is 5.56 Å². The summed E-state index contributed by atoms with van der Waals surface area (Å²) in [6.45, 7) is 0.192. The summed E-state index contributed by atoms with van der Waals surface area (Å²) in [5, 5.41) is 12.1. The average Bonchev–Trinajstić information content (AvgIpc) is 3.18. The van der Waals surface area contributed by atoms with Gasteiger partial charge in [-0.2, -0.15) is 5.26 Å². The third kappa shape index (κ3) is 4.63. The van der Waals surface area contributed by atoms with E-state index in [4.69, 9.17) is 10.5 Å². The summed E-state index contributed by atoms with van der Waals surface area (Å²) in [7, 11) is 1.21. The highest BCUT2D eigenvalue weighted by Crippen LogP contribution is 2.49. The number of carbonyl (C=O) groups excluding carboxylic acids is 3. The Bertz CT molecular complexity index is 1300. The van der Waals surface area contributed by atoms with Gasteiger partial charge >= 0.3 is 5.97 Å². The second-order valence-corrected chi connectivity index (χ2v) is 9.04. The molecule has 0 saturated carbocycles. The lowest BCUT2D eigenvalue weighted by atomic mass is 9.82. The van der Waals surface area contributed by atoms with Gasteiger partial charge < -0.3 is 15.8 Å². The second-order valence-electron chi connectivity index (χ2n) is 7.85. The van der Waals surface area contributed by atoms with E-state index in [1.165, 1.54) is 25.3 Å². The van der Waals surface area contributed by atoms with Gasteiger partial charge in [0.15, 0.2) is 0 Å². The van der Waals surface area contributed by atoms with Crippen molar-refractivity contribution in [1.82, 2.24) is 10.2 Å². The summed E-state index contributed by atoms with van der Waals surface area (Å²) >= 11 is 1.00. The Morgan fingerprint density at radius 2 is 1.97 bits per heavy atom. The second kappa shape index (κ2) is 10.0. The number of nitrogens with two attached hydrogens (primary N) is 1. The van der Waals surface area contributed by atoms with E-state index >= 15 is 0 Å². The van der Waals surface area contributed by atoms with E-state index in [1.54, 1.807) is 6.07 Å². The molecule has 2 atom stereocenters. The SMILES string of the molecule is COC(=O)C[C@H]1SC2=C(C(=O)NCc3ccccc3)[C@@H](c3cccc(F)c3)C(C#N)=C(N)N2C1=O. The lowest BCUT2D eigenvalue weighted by Gasteiger charge is -2.32. The molecule has 0 aliphatic carbocycles. The molecule has 2 aromatic carbocycles. The van der Waals surface area contributed by atoms with Crippen LogP contribution in [0, 0.1) is 17.1 Å². The van der Waals surface area contributed by atoms with E-state index in [9.17, 15) is 24.0 Å². The van der Waals surface area contributed by atoms with Crippen molar-refractivity contribution in [3.05, 3.63) is 93.5 Å². The molecule has 0 aromatic heterocycles. The zero-order valence-corrected chi connectivity index (χ0v) is 19.5. The van der Waals surface area contributed by atoms with E-state index < -0.39 is 34.8 Å². The molecule has 2 amide bonds. The molecular formula is C25H21FN4O4S. The highest BCUT2D eigenvalue weighted by atomic mass is 32.2. The molecule has 0 unspecified atom stereocenters. The lowest BCUT2D eigenvalue weighted by Crippen LogP contribution is -2.40. The Morgan fingerprint density at radius 3 is 2.63 bits per heavy atom. The van der Waals surface area contributed by atoms with E-state index in [1.807, 2.05) is 36.4 Å². The summed E-state index contributed by atoms with van der Waals surface area (Å²) in [4.78, 5) is 39.7. The van der Waals surface area contributed by atoms with Crippen molar-refractivity contribution >= 4 is 29.5 Å². The number of benzene rings is 2. The number of fused-ring (bicyclic) bond motifs is 1. The quantitative estimate of drug-likeness (QED) is 0.594. The maximum atomic E-state index is 14.2. The van der Waals surface area contributed by atoms with Crippen LogP contribution in [0.15, 0.2) is 76.6 Å². The van der Waals surface area contributed by atoms with Crippen molar-refractivity contribution in [3.63, 3.8) is 0 Å². The number of esters is 1. The monoisotopic (exact) mass is 492 g/mol. The molecule has 0 spiro atoms. The Hall–Kier alpha value is -4.10. The summed E-state index contributed by atoms with van der Waals surface area (Å²) in [5.41, 5.74) is 7.47. The molecule has 2 aromatic rings. The summed E-state index contributed by atoms with van der Waals surface area (Å²) in [5.74, 6) is -3.38. The normalized spacial score (nSPS) is 19.3. The number of allylic oxidation sites excluding steroid dienone is 1. The largest absolute Gasteiger partial charge is 0.469 e. The molecule has 0 radical (unpaired) electrons. The maximum absolute atomic E-state index is 14.2. The van der Waals surface area contributed by atoms with Crippen molar-refractivity contribution in [2.75, 3.05) is 7.11 Å². The van der Waals surface area contributed by atoms with Crippen LogP contribution in [0.3, 0.4) is 0 Å². The number of ether oxygens (including phenoxy) is 1. The summed E-state index contributed by atoms with van der Waals surface area (Å²) < 4.78 is 18.8. The first-order valence-electron chi connectivity index (χ1n) is 10.6. The van der Waals surface area contributed by atoms with Crippen LogP contribution < -0.4 is 11.1 Å². The molecule has 10 heteroatoms. The van der Waals surface area contributed by atoms with Gasteiger partial charge in [-0.05, 0) is 23.3 Å². The molecule has 2 aliphatic heterocycles. The van der Waals surface area contributed by atoms with Crippen LogP contribution in [0.2, 0.25) is 0 Å². The third-order valence-corrected chi connectivity index (χ3v) is 6.98. The number of halogens is 1. The predicted molar refractivity (Wildman–Crippen MR) is 126 cm³/mol. The molecule has 178 valence electrons. The number of nitriles is 1. The van der Waals surface area contributed by atoms with Crippen LogP contribution in [-0.2, 0) is 25.7 Å². The molecule has 0 bridgehead atoms. The minimum Gasteiger partial charge on any atom is -0.469 e. The minimum absolute atomic E-state index is 0.0584. The standard InChI is InChI=1S/C25H21FN4O4S/c1-34-19(31)11-18-24(33)30-22(28)17(12-27)20(15-8-5-9-16(26)10-15)21(25(30)35-18)23(32)29-13-14-6-3-2-4-7-14/h2-10,18,20H,11,13,28H2,1H3,(H,29,32)/t18-,20+/m1/s1. The molecule has 1 fully saturated rings. The molecule has 2 aliphatic rings. The van der Waals surface area contributed by atoms with Crippen molar-refractivity contribution in [2.45, 2.75) is 24.1 Å². The number of carbonyl (C=O) groups is 3. The molecule has 3 N–H and O–H groups in total. The van der Waals surface area contributed by atoms with Crippen molar-refractivity contribution < 1.29 is 23.5 Å². The van der Waals surface area contributed by atoms with Gasteiger partial charge in [0.25, 0.3) is 5.91 Å². The van der Waals surface area contributed by atoms with Gasteiger partial charge in [0, 0.05) is 6.54 Å². The minimum atomic E-state index is -1.00. The van der Waals surface area contributed by atoms with Gasteiger partial charge in [-0.1, -0.05) is 54.2 Å². The van der Waals surface area contributed by atoms with Gasteiger partial charge in [0.05, 0.1) is 41.7 Å². The highest BCUT2D eigenvalue weighted by Gasteiger charge is 2.48. The van der Waals surface area contributed by atoms with E-state index in [-0.39, 0.29) is 35.0 Å². The van der Waals surface area contributed by atoms with Crippen LogP contribution in [0.1, 0.15) is 23.5 Å². The Morgan fingerprint density at radius 1 is 1.23 bits per heavy atom. The number of hydrogen-bond donors (Lipinski definition) is 2. The lowest BCUT2D eigenvalue weighted by molar-refractivity contribution is -0.142. The Balaban J connectivity index is 1.82. The number of methoxy groups -OCH3 is 1. The Kier molecular flexibility index (Phi) is 6.89. The molecule has 35 heavy (non-hydrogen) atoms. The zero-order chi connectivity index (χ0) is 25.1. The number of rotatable bonds is 6. The van der Waals surface area contributed by atoms with Gasteiger partial charge in [-0.15, -0.1) is 0 Å². The van der Waals surface area contributed by atoms with Crippen molar-refractivity contribution in [1.29, 1.82) is 5.26 Å². The summed E-state index contributed by atoms with van der Waals surface area (Å²) in [6, 6.07) is 16.7. The van der Waals surface area contributed by atoms with E-state index in [2.05, 4.69) is 5.32 Å². The molecule has 8 nitrogen and oxygen atoms in total. The number of hydrogen-bond acceptors (Lipinski definition) is 7. The molecule has 2 heterocycles. The van der Waals surface area contributed by atoms with E-state index in [0.717, 1.165) is 22.2 Å². The summed E-state index contributed by atoms with van der Waals surface area (Å²) in [6.07, 6.45) is -0.237. The third-order valence-electron chi connectivity index (χ3n) is 5.70. The molecule has 4 rings (SSSR count). The topological polar surface area (TPSA) is 126 Å². The smallest absolute Gasteiger partial charge is 0.307 e. The van der Waals surface area contributed by atoms with Gasteiger partial charge in [0.2, 0.25) is 5.91 Å². The Labute approximate surface area is 205 Å². The fraction of sp³-hybridized carbons (Fsp3) is 0.200. The van der Waals surface area contributed by atoms with Crippen LogP contribution in [0.25, 0.3) is 0 Å². The van der Waals surface area contributed by atoms with Crippen molar-refractivity contribution in [2.24, 2.45) is 5.73 Å². The first-order chi connectivity index (χ1) is 16.8. The van der Waals surface area contributed by atoms with Crippen LogP contribution in [0.5, 0.6) is 0 Å². The van der Waals surface area contributed by atoms with Crippen molar-refractivity contribution in [3.8, 4) is 6.07 Å². The fourth-order valence-corrected chi connectivity index (χ4v) is 5.36. The van der Waals surface area contributed by atoms with Crippen LogP contribution in [0.4, 0.5) is 4.39 Å². The molecular weight excluding hydrogens is 471 g/mol. The van der Waals surface area contributed by atoms with Gasteiger partial charge in [0.1, 0.15) is 16.9 Å².